The Morgan fingerprint density at radius 2 is 1.79 bits per heavy atom. The van der Waals surface area contributed by atoms with Crippen LogP contribution in [0.1, 0.15) is 30.0 Å². The van der Waals surface area contributed by atoms with Gasteiger partial charge in [-0.25, -0.2) is 8.42 Å². The Bertz CT molecular complexity index is 957. The Hall–Kier alpha value is -2.54. The first-order chi connectivity index (χ1) is 13.6. The van der Waals surface area contributed by atoms with Crippen molar-refractivity contribution in [2.75, 3.05) is 23.7 Å². The van der Waals surface area contributed by atoms with E-state index in [1.807, 2.05) is 45.0 Å². The maximum atomic E-state index is 12.8. The van der Waals surface area contributed by atoms with Crippen LogP contribution in [-0.4, -0.2) is 39.8 Å². The molecule has 2 rings (SSSR count). The van der Waals surface area contributed by atoms with Crippen LogP contribution in [0.5, 0.6) is 5.75 Å². The third kappa shape index (κ3) is 6.22. The summed E-state index contributed by atoms with van der Waals surface area (Å²) in [4.78, 5) is 12.8. The molecule has 0 aliphatic carbocycles. The minimum absolute atomic E-state index is 0.286. The molecule has 0 saturated carbocycles. The van der Waals surface area contributed by atoms with Gasteiger partial charge in [-0.05, 0) is 62.1 Å². The second-order valence-electron chi connectivity index (χ2n) is 7.23. The lowest BCUT2D eigenvalue weighted by atomic mass is 10.1. The molecule has 29 heavy (non-hydrogen) atoms. The molecule has 7 heteroatoms. The molecule has 0 aliphatic rings. The topological polar surface area (TPSA) is 75.7 Å². The summed E-state index contributed by atoms with van der Waals surface area (Å²) in [7, 11) is -3.63. The van der Waals surface area contributed by atoms with Gasteiger partial charge in [-0.1, -0.05) is 31.2 Å². The highest BCUT2D eigenvalue weighted by molar-refractivity contribution is 7.92. The van der Waals surface area contributed by atoms with Gasteiger partial charge in [0.2, 0.25) is 15.9 Å². The van der Waals surface area contributed by atoms with Crippen molar-refractivity contribution in [2.45, 2.75) is 40.2 Å². The minimum atomic E-state index is -3.63. The molecular weight excluding hydrogens is 388 g/mol. The SMILES string of the molecule is CC[C@@H](C(=O)NCCOc1cc(C)ccc1C)N(c1cccc(C)c1)S(C)(=O)=O. The number of nitrogens with one attached hydrogen (secondary N) is 1. The molecule has 0 fully saturated rings. The molecule has 1 N–H and O–H groups in total. The number of hydrogen-bond donors (Lipinski definition) is 1. The minimum Gasteiger partial charge on any atom is -0.491 e. The molecule has 1 amide bonds. The maximum Gasteiger partial charge on any atom is 0.244 e. The van der Waals surface area contributed by atoms with Crippen LogP contribution in [-0.2, 0) is 14.8 Å². The smallest absolute Gasteiger partial charge is 0.244 e. The number of sulfonamides is 1. The standard InChI is InChI=1S/C22H30N2O4S/c1-6-20(24(29(5,26)27)19-9-7-8-16(2)14-19)22(25)23-12-13-28-21-15-17(3)10-11-18(21)4/h7-11,14-15,20H,6,12-13H2,1-5H3,(H,23,25)/t20-/m0/s1. The number of carbonyl (C=O) groups is 1. The van der Waals surface area contributed by atoms with E-state index < -0.39 is 16.1 Å². The first kappa shape index (κ1) is 22.7. The van der Waals surface area contributed by atoms with Crippen LogP contribution in [0.4, 0.5) is 5.69 Å². The van der Waals surface area contributed by atoms with Crippen LogP contribution in [0.2, 0.25) is 0 Å². The Labute approximate surface area is 173 Å². The molecule has 0 bridgehead atoms. The zero-order valence-electron chi connectivity index (χ0n) is 17.7. The summed E-state index contributed by atoms with van der Waals surface area (Å²) in [6.45, 7) is 8.22. The lowest BCUT2D eigenvalue weighted by Crippen LogP contribution is -2.50. The molecule has 0 heterocycles. The number of hydrogen-bond acceptors (Lipinski definition) is 4. The summed E-state index contributed by atoms with van der Waals surface area (Å²) in [6, 6.07) is 12.3. The molecule has 2 aromatic rings. The van der Waals surface area contributed by atoms with Gasteiger partial charge in [-0.15, -0.1) is 0 Å². The largest absolute Gasteiger partial charge is 0.491 e. The summed E-state index contributed by atoms with van der Waals surface area (Å²) >= 11 is 0. The van der Waals surface area contributed by atoms with Crippen molar-refractivity contribution in [1.29, 1.82) is 0 Å². The first-order valence-electron chi connectivity index (χ1n) is 9.67. The van der Waals surface area contributed by atoms with Crippen LogP contribution in [0, 0.1) is 20.8 Å². The maximum absolute atomic E-state index is 12.8. The zero-order valence-corrected chi connectivity index (χ0v) is 18.5. The number of aryl methyl sites for hydroxylation is 3. The van der Waals surface area contributed by atoms with E-state index in [0.717, 1.165) is 28.7 Å². The predicted molar refractivity (Wildman–Crippen MR) is 117 cm³/mol. The molecule has 2 aromatic carbocycles. The fraction of sp³-hybridized carbons (Fsp3) is 0.409. The van der Waals surface area contributed by atoms with Gasteiger partial charge in [0.1, 0.15) is 18.4 Å². The highest BCUT2D eigenvalue weighted by atomic mass is 32.2. The number of amides is 1. The van der Waals surface area contributed by atoms with Crippen molar-refractivity contribution in [3.63, 3.8) is 0 Å². The van der Waals surface area contributed by atoms with Crippen LogP contribution in [0.3, 0.4) is 0 Å². The zero-order chi connectivity index (χ0) is 21.6. The van der Waals surface area contributed by atoms with Crippen molar-refractivity contribution in [1.82, 2.24) is 5.32 Å². The number of nitrogens with zero attached hydrogens (tertiary/aromatic N) is 1. The van der Waals surface area contributed by atoms with E-state index in [4.69, 9.17) is 4.74 Å². The van der Waals surface area contributed by atoms with E-state index in [9.17, 15) is 13.2 Å². The number of benzene rings is 2. The Morgan fingerprint density at radius 1 is 1.10 bits per heavy atom. The highest BCUT2D eigenvalue weighted by Gasteiger charge is 2.31. The first-order valence-corrected chi connectivity index (χ1v) is 11.5. The van der Waals surface area contributed by atoms with E-state index in [1.54, 1.807) is 25.1 Å². The molecule has 0 aromatic heterocycles. The fourth-order valence-corrected chi connectivity index (χ4v) is 4.34. The third-order valence-corrected chi connectivity index (χ3v) is 5.77. The summed E-state index contributed by atoms with van der Waals surface area (Å²) < 4.78 is 31.9. The van der Waals surface area contributed by atoms with Gasteiger partial charge < -0.3 is 10.1 Å². The van der Waals surface area contributed by atoms with Gasteiger partial charge in [0.25, 0.3) is 0 Å². The van der Waals surface area contributed by atoms with Crippen molar-refractivity contribution in [3.05, 3.63) is 59.2 Å². The van der Waals surface area contributed by atoms with E-state index in [1.165, 1.54) is 4.31 Å². The third-order valence-electron chi connectivity index (χ3n) is 4.59. The van der Waals surface area contributed by atoms with Crippen LogP contribution >= 0.6 is 0 Å². The second kappa shape index (κ2) is 9.78. The molecule has 0 aliphatic heterocycles. The van der Waals surface area contributed by atoms with Crippen molar-refractivity contribution >= 4 is 21.6 Å². The van der Waals surface area contributed by atoms with Crippen LogP contribution < -0.4 is 14.4 Å². The molecule has 0 radical (unpaired) electrons. The van der Waals surface area contributed by atoms with Gasteiger partial charge in [0.15, 0.2) is 0 Å². The van der Waals surface area contributed by atoms with E-state index >= 15 is 0 Å². The summed E-state index contributed by atoms with van der Waals surface area (Å²) in [5, 5.41) is 2.80. The molecule has 158 valence electrons. The number of ether oxygens (including phenoxy) is 1. The Balaban J connectivity index is 2.06. The summed E-state index contributed by atoms with van der Waals surface area (Å²) in [5.41, 5.74) is 3.54. The van der Waals surface area contributed by atoms with E-state index in [2.05, 4.69) is 5.32 Å². The number of carbonyl (C=O) groups excluding carboxylic acids is 1. The van der Waals surface area contributed by atoms with Crippen molar-refractivity contribution < 1.29 is 17.9 Å². The lowest BCUT2D eigenvalue weighted by Gasteiger charge is -2.30. The highest BCUT2D eigenvalue weighted by Crippen LogP contribution is 2.23. The second-order valence-corrected chi connectivity index (χ2v) is 9.09. The molecule has 1 atom stereocenters. The molecule has 6 nitrogen and oxygen atoms in total. The van der Waals surface area contributed by atoms with Gasteiger partial charge >= 0.3 is 0 Å². The van der Waals surface area contributed by atoms with E-state index in [0.29, 0.717) is 18.7 Å². The van der Waals surface area contributed by atoms with E-state index in [-0.39, 0.29) is 12.5 Å². The fourth-order valence-electron chi connectivity index (χ4n) is 3.14. The predicted octanol–water partition coefficient (Wildman–Crippen LogP) is 3.35. The van der Waals surface area contributed by atoms with Gasteiger partial charge in [0, 0.05) is 0 Å². The quantitative estimate of drug-likeness (QED) is 0.634. The van der Waals surface area contributed by atoms with Gasteiger partial charge in [-0.3, -0.25) is 9.10 Å². The van der Waals surface area contributed by atoms with Crippen molar-refractivity contribution in [2.24, 2.45) is 0 Å². The Kier molecular flexibility index (Phi) is 7.67. The normalized spacial score (nSPS) is 12.3. The molecule has 0 spiro atoms. The molecule has 0 saturated heterocycles. The number of rotatable bonds is 9. The monoisotopic (exact) mass is 418 g/mol. The Morgan fingerprint density at radius 3 is 2.41 bits per heavy atom. The summed E-state index contributed by atoms with van der Waals surface area (Å²) in [6.07, 6.45) is 1.47. The van der Waals surface area contributed by atoms with Crippen molar-refractivity contribution in [3.8, 4) is 5.75 Å². The molecular formula is C22H30N2O4S. The number of anilines is 1. The summed E-state index contributed by atoms with van der Waals surface area (Å²) in [5.74, 6) is 0.438. The lowest BCUT2D eigenvalue weighted by molar-refractivity contribution is -0.122. The average molecular weight is 419 g/mol. The van der Waals surface area contributed by atoms with Gasteiger partial charge in [-0.2, -0.15) is 0 Å². The van der Waals surface area contributed by atoms with Gasteiger partial charge in [0.05, 0.1) is 18.5 Å². The molecule has 0 unspecified atom stereocenters. The average Bonchev–Trinajstić information content (AvgIpc) is 2.64. The van der Waals surface area contributed by atoms with Crippen LogP contribution in [0.15, 0.2) is 42.5 Å². The van der Waals surface area contributed by atoms with Crippen LogP contribution in [0.25, 0.3) is 0 Å².